The van der Waals surface area contributed by atoms with Crippen molar-refractivity contribution in [1.82, 2.24) is 20.1 Å². The minimum absolute atomic E-state index is 0.0761. The number of benzene rings is 1. The number of carbonyl (C=O) groups is 1. The second kappa shape index (κ2) is 9.96. The monoisotopic (exact) mass is 402 g/mol. The number of hydrogen-bond donors (Lipinski definition) is 1. The first-order chi connectivity index (χ1) is 13.6. The van der Waals surface area contributed by atoms with Gasteiger partial charge in [-0.2, -0.15) is 0 Å². The number of rotatable bonds is 8. The molecule has 7 heteroatoms. The normalized spacial score (nSPS) is 16.0. The quantitative estimate of drug-likeness (QED) is 0.672. The highest BCUT2D eigenvalue weighted by Crippen LogP contribution is 2.28. The van der Waals surface area contributed by atoms with Gasteiger partial charge in [0.2, 0.25) is 5.91 Å². The molecule has 1 fully saturated rings. The lowest BCUT2D eigenvalue weighted by Gasteiger charge is -2.22. The number of ether oxygens (including phenoxy) is 1. The topological polar surface area (TPSA) is 69.0 Å². The molecular formula is C21H30N4O2S. The van der Waals surface area contributed by atoms with Gasteiger partial charge < -0.3 is 14.6 Å². The lowest BCUT2D eigenvalue weighted by molar-refractivity contribution is -0.120. The molecule has 0 radical (unpaired) electrons. The zero-order chi connectivity index (χ0) is 19.9. The molecule has 1 heterocycles. The van der Waals surface area contributed by atoms with Crippen LogP contribution in [0.4, 0.5) is 0 Å². The first kappa shape index (κ1) is 20.7. The number of amides is 1. The van der Waals surface area contributed by atoms with Crippen molar-refractivity contribution >= 4 is 17.7 Å². The van der Waals surface area contributed by atoms with Crippen LogP contribution in [0.1, 0.15) is 46.0 Å². The Labute approximate surface area is 171 Å². The summed E-state index contributed by atoms with van der Waals surface area (Å²) in [6, 6.07) is 7.78. The molecule has 6 nitrogen and oxygen atoms in total. The lowest BCUT2D eigenvalue weighted by Crippen LogP contribution is -2.35. The van der Waals surface area contributed by atoms with Crippen LogP contribution in [0, 0.1) is 5.92 Å². The zero-order valence-electron chi connectivity index (χ0n) is 17.0. The van der Waals surface area contributed by atoms with Crippen molar-refractivity contribution in [1.29, 1.82) is 0 Å². The summed E-state index contributed by atoms with van der Waals surface area (Å²) in [5, 5.41) is 12.4. The van der Waals surface area contributed by atoms with Crippen molar-refractivity contribution in [2.24, 2.45) is 5.92 Å². The number of aromatic nitrogens is 3. The van der Waals surface area contributed by atoms with E-state index in [2.05, 4.69) is 27.0 Å². The standard InChI is InChI=1S/C21H30N4O2S/c1-4-25-19(17-10-12-18(27-3)13-11-17)23-24-21(25)28-15(2)20(26)22-14-16-8-6-5-7-9-16/h10-13,15-16H,4-9,14H2,1-3H3,(H,22,26). The Morgan fingerprint density at radius 1 is 1.25 bits per heavy atom. The average Bonchev–Trinajstić information content (AvgIpc) is 3.15. The Bertz CT molecular complexity index is 769. The van der Waals surface area contributed by atoms with E-state index in [9.17, 15) is 4.79 Å². The molecule has 1 aromatic carbocycles. The van der Waals surface area contributed by atoms with Crippen LogP contribution in [-0.4, -0.2) is 39.6 Å². The van der Waals surface area contributed by atoms with Crippen molar-refractivity contribution in [2.45, 2.75) is 62.9 Å². The maximum Gasteiger partial charge on any atom is 0.233 e. The molecule has 1 amide bonds. The number of hydrogen-bond acceptors (Lipinski definition) is 5. The van der Waals surface area contributed by atoms with Crippen molar-refractivity contribution in [3.05, 3.63) is 24.3 Å². The van der Waals surface area contributed by atoms with Crippen LogP contribution in [0.3, 0.4) is 0 Å². The van der Waals surface area contributed by atoms with E-state index < -0.39 is 0 Å². The van der Waals surface area contributed by atoms with E-state index in [0.717, 1.165) is 35.4 Å². The van der Waals surface area contributed by atoms with Gasteiger partial charge in [-0.15, -0.1) is 10.2 Å². The molecule has 28 heavy (non-hydrogen) atoms. The second-order valence-electron chi connectivity index (χ2n) is 7.29. The Kier molecular flexibility index (Phi) is 7.36. The van der Waals surface area contributed by atoms with Crippen LogP contribution in [0.15, 0.2) is 29.4 Å². The highest BCUT2D eigenvalue weighted by atomic mass is 32.2. The highest BCUT2D eigenvalue weighted by Gasteiger charge is 2.21. The van der Waals surface area contributed by atoms with Gasteiger partial charge in [0.25, 0.3) is 0 Å². The van der Waals surface area contributed by atoms with Crippen LogP contribution < -0.4 is 10.1 Å². The molecule has 1 saturated carbocycles. The van der Waals surface area contributed by atoms with Gasteiger partial charge in [0.15, 0.2) is 11.0 Å². The number of nitrogens with zero attached hydrogens (tertiary/aromatic N) is 3. The van der Waals surface area contributed by atoms with Gasteiger partial charge in [-0.1, -0.05) is 31.0 Å². The van der Waals surface area contributed by atoms with Crippen molar-refractivity contribution in [2.75, 3.05) is 13.7 Å². The van der Waals surface area contributed by atoms with Crippen LogP contribution in [-0.2, 0) is 11.3 Å². The summed E-state index contributed by atoms with van der Waals surface area (Å²) in [4.78, 5) is 12.5. The molecule has 1 N–H and O–H groups in total. The summed E-state index contributed by atoms with van der Waals surface area (Å²) < 4.78 is 7.27. The van der Waals surface area contributed by atoms with Crippen molar-refractivity contribution in [3.63, 3.8) is 0 Å². The summed E-state index contributed by atoms with van der Waals surface area (Å²) in [7, 11) is 1.65. The largest absolute Gasteiger partial charge is 0.497 e. The molecule has 1 aliphatic rings. The molecule has 2 aromatic rings. The van der Waals surface area contributed by atoms with Gasteiger partial charge in [0.1, 0.15) is 5.75 Å². The summed E-state index contributed by atoms with van der Waals surface area (Å²) in [6.07, 6.45) is 6.38. The first-order valence-corrected chi connectivity index (χ1v) is 11.0. The fourth-order valence-corrected chi connectivity index (χ4v) is 4.54. The molecule has 3 rings (SSSR count). The minimum Gasteiger partial charge on any atom is -0.497 e. The van der Waals surface area contributed by atoms with E-state index >= 15 is 0 Å². The molecule has 1 aromatic heterocycles. The minimum atomic E-state index is -0.207. The Morgan fingerprint density at radius 2 is 1.96 bits per heavy atom. The Balaban J connectivity index is 1.62. The van der Waals surface area contributed by atoms with Crippen LogP contribution >= 0.6 is 11.8 Å². The van der Waals surface area contributed by atoms with E-state index in [1.165, 1.54) is 43.9 Å². The smallest absolute Gasteiger partial charge is 0.233 e. The molecule has 0 spiro atoms. The molecule has 1 unspecified atom stereocenters. The van der Waals surface area contributed by atoms with Gasteiger partial charge in [0, 0.05) is 18.7 Å². The van der Waals surface area contributed by atoms with Crippen LogP contribution in [0.2, 0.25) is 0 Å². The van der Waals surface area contributed by atoms with E-state index in [1.807, 2.05) is 31.2 Å². The third-order valence-corrected chi connectivity index (χ3v) is 6.40. The maximum atomic E-state index is 12.5. The number of thioether (sulfide) groups is 1. The zero-order valence-corrected chi connectivity index (χ0v) is 17.8. The van der Waals surface area contributed by atoms with Gasteiger partial charge in [0.05, 0.1) is 12.4 Å². The lowest BCUT2D eigenvalue weighted by atomic mass is 9.89. The molecule has 0 bridgehead atoms. The van der Waals surface area contributed by atoms with E-state index in [-0.39, 0.29) is 11.2 Å². The predicted molar refractivity (Wildman–Crippen MR) is 113 cm³/mol. The summed E-state index contributed by atoms with van der Waals surface area (Å²) in [5.74, 6) is 2.33. The molecule has 0 aliphatic heterocycles. The third kappa shape index (κ3) is 5.07. The molecule has 1 atom stereocenters. The fraction of sp³-hybridized carbons (Fsp3) is 0.571. The highest BCUT2D eigenvalue weighted by molar-refractivity contribution is 8.00. The fourth-order valence-electron chi connectivity index (χ4n) is 3.61. The summed E-state index contributed by atoms with van der Waals surface area (Å²) in [6.45, 7) is 5.53. The molecular weight excluding hydrogens is 372 g/mol. The van der Waals surface area contributed by atoms with E-state index in [1.54, 1.807) is 7.11 Å². The first-order valence-electron chi connectivity index (χ1n) is 10.1. The number of carbonyl (C=O) groups excluding carboxylic acids is 1. The molecule has 152 valence electrons. The SMILES string of the molecule is CCn1c(SC(C)C(=O)NCC2CCCCC2)nnc1-c1ccc(OC)cc1. The third-order valence-electron chi connectivity index (χ3n) is 5.32. The van der Waals surface area contributed by atoms with Gasteiger partial charge in [-0.25, -0.2) is 0 Å². The van der Waals surface area contributed by atoms with E-state index in [4.69, 9.17) is 4.74 Å². The number of methoxy groups -OCH3 is 1. The van der Waals surface area contributed by atoms with Crippen LogP contribution in [0.25, 0.3) is 11.4 Å². The Morgan fingerprint density at radius 3 is 2.61 bits per heavy atom. The summed E-state index contributed by atoms with van der Waals surface area (Å²) in [5.41, 5.74) is 0.983. The molecule has 0 saturated heterocycles. The van der Waals surface area contributed by atoms with Gasteiger partial charge >= 0.3 is 0 Å². The second-order valence-corrected chi connectivity index (χ2v) is 8.60. The van der Waals surface area contributed by atoms with E-state index in [0.29, 0.717) is 5.92 Å². The summed E-state index contributed by atoms with van der Waals surface area (Å²) >= 11 is 1.47. The van der Waals surface area contributed by atoms with Gasteiger partial charge in [-0.3, -0.25) is 4.79 Å². The van der Waals surface area contributed by atoms with Crippen LogP contribution in [0.5, 0.6) is 5.75 Å². The maximum absolute atomic E-state index is 12.5. The average molecular weight is 403 g/mol. The Hall–Kier alpha value is -2.02. The number of nitrogens with one attached hydrogen (secondary N) is 1. The molecule has 1 aliphatic carbocycles. The predicted octanol–water partition coefficient (Wildman–Crippen LogP) is 4.15. The van der Waals surface area contributed by atoms with Crippen molar-refractivity contribution in [3.8, 4) is 17.1 Å². The van der Waals surface area contributed by atoms with Gasteiger partial charge in [-0.05, 0) is 56.9 Å². The van der Waals surface area contributed by atoms with Crippen molar-refractivity contribution < 1.29 is 9.53 Å².